The monoisotopic (exact) mass is 511 g/mol. The highest BCUT2D eigenvalue weighted by atomic mass is 35.5. The number of benzene rings is 2. The van der Waals surface area contributed by atoms with Crippen molar-refractivity contribution in [1.82, 2.24) is 20.6 Å². The van der Waals surface area contributed by atoms with Gasteiger partial charge in [0.2, 0.25) is 0 Å². The van der Waals surface area contributed by atoms with E-state index in [1.807, 2.05) is 24.3 Å². The van der Waals surface area contributed by atoms with Gasteiger partial charge in [0.15, 0.2) is 0 Å². The summed E-state index contributed by atoms with van der Waals surface area (Å²) < 4.78 is 11.0. The quantitative estimate of drug-likeness (QED) is 0.221. The number of amides is 1. The summed E-state index contributed by atoms with van der Waals surface area (Å²) in [7, 11) is 1.57. The summed E-state index contributed by atoms with van der Waals surface area (Å²) in [6.07, 6.45) is 6.85. The van der Waals surface area contributed by atoms with Crippen LogP contribution in [-0.2, 0) is 11.3 Å². The molecule has 0 aliphatic rings. The molecule has 2 aromatic carbocycles. The van der Waals surface area contributed by atoms with Gasteiger partial charge in [0, 0.05) is 31.5 Å². The Labute approximate surface area is 215 Å². The Hall–Kier alpha value is -3.53. The molecule has 0 saturated heterocycles. The van der Waals surface area contributed by atoms with Crippen molar-refractivity contribution in [2.24, 2.45) is 5.73 Å². The molecule has 1 unspecified atom stereocenters. The third kappa shape index (κ3) is 7.74. The number of carbonyl (C=O) groups excluding carboxylic acids is 2. The van der Waals surface area contributed by atoms with Crippen LogP contribution in [0, 0.1) is 0 Å². The lowest BCUT2D eigenvalue weighted by molar-refractivity contribution is -0.113. The van der Waals surface area contributed by atoms with E-state index in [2.05, 4.69) is 20.6 Å². The number of nitrogens with zero attached hydrogens (tertiary/aromatic N) is 2. The van der Waals surface area contributed by atoms with E-state index in [9.17, 15) is 9.59 Å². The van der Waals surface area contributed by atoms with Crippen LogP contribution in [0.25, 0.3) is 0 Å². The molecule has 3 rings (SSSR count). The molecule has 1 amide bonds. The second-order valence-corrected chi connectivity index (χ2v) is 8.65. The maximum Gasteiger partial charge on any atom is 0.255 e. The van der Waals surface area contributed by atoms with Crippen LogP contribution in [0.5, 0.6) is 17.2 Å². The van der Waals surface area contributed by atoms with E-state index in [4.69, 9.17) is 26.8 Å². The lowest BCUT2D eigenvalue weighted by Crippen LogP contribution is -2.56. The minimum Gasteiger partial charge on any atom is -0.497 e. The molecular weight excluding hydrogens is 482 g/mol. The Bertz CT molecular complexity index is 1130. The highest BCUT2D eigenvalue weighted by Gasteiger charge is 2.31. The molecule has 3 aromatic rings. The van der Waals surface area contributed by atoms with Gasteiger partial charge in [-0.3, -0.25) is 4.79 Å². The van der Waals surface area contributed by atoms with Crippen molar-refractivity contribution in [2.45, 2.75) is 31.3 Å². The molecule has 0 aliphatic heterocycles. The van der Waals surface area contributed by atoms with E-state index >= 15 is 0 Å². The first-order valence-electron chi connectivity index (χ1n) is 11.5. The van der Waals surface area contributed by atoms with Crippen LogP contribution in [0.3, 0.4) is 0 Å². The summed E-state index contributed by atoms with van der Waals surface area (Å²) in [5.41, 5.74) is 5.80. The SMILES string of the molecule is COc1ccc(Oc2ccc(CNCC(C=O)(CCCCN)NC(=O)c3cncnc3)cc2)c(Cl)c1. The number of ether oxygens (including phenoxy) is 2. The Morgan fingerprint density at radius 1 is 1.11 bits per heavy atom. The van der Waals surface area contributed by atoms with E-state index in [1.165, 1.54) is 18.7 Å². The van der Waals surface area contributed by atoms with Crippen molar-refractivity contribution < 1.29 is 19.1 Å². The van der Waals surface area contributed by atoms with Gasteiger partial charge in [-0.25, -0.2) is 9.97 Å². The van der Waals surface area contributed by atoms with Gasteiger partial charge >= 0.3 is 0 Å². The molecule has 36 heavy (non-hydrogen) atoms. The van der Waals surface area contributed by atoms with Gasteiger partial charge in [-0.2, -0.15) is 0 Å². The smallest absolute Gasteiger partial charge is 0.255 e. The standard InChI is InChI=1S/C26H30ClN5O4/c1-35-22-8-9-24(23(27)12-22)36-21-6-4-19(5-7-21)13-29-16-26(17-33,10-2-3-11-28)32-25(34)20-14-30-18-31-15-20/h4-9,12,14-15,17-18,29H,2-3,10-11,13,16,28H2,1H3,(H,32,34). The van der Waals surface area contributed by atoms with Crippen LogP contribution >= 0.6 is 11.6 Å². The molecule has 9 nitrogen and oxygen atoms in total. The maximum absolute atomic E-state index is 12.7. The van der Waals surface area contributed by atoms with Crippen molar-refractivity contribution >= 4 is 23.8 Å². The Morgan fingerprint density at radius 3 is 2.47 bits per heavy atom. The number of methoxy groups -OCH3 is 1. The number of nitrogens with two attached hydrogens (primary N) is 1. The van der Waals surface area contributed by atoms with Crippen LogP contribution in [0.1, 0.15) is 35.2 Å². The van der Waals surface area contributed by atoms with Crippen LogP contribution < -0.4 is 25.8 Å². The summed E-state index contributed by atoms with van der Waals surface area (Å²) in [5.74, 6) is 1.40. The fourth-order valence-electron chi connectivity index (χ4n) is 3.55. The van der Waals surface area contributed by atoms with Gasteiger partial charge in [0.25, 0.3) is 5.91 Å². The highest BCUT2D eigenvalue weighted by Crippen LogP contribution is 2.32. The van der Waals surface area contributed by atoms with E-state index in [-0.39, 0.29) is 12.1 Å². The number of hydrogen-bond acceptors (Lipinski definition) is 8. The van der Waals surface area contributed by atoms with Crippen LogP contribution in [0.15, 0.2) is 61.2 Å². The summed E-state index contributed by atoms with van der Waals surface area (Å²) in [6, 6.07) is 12.7. The number of unbranched alkanes of at least 4 members (excludes halogenated alkanes) is 1. The molecule has 0 saturated carbocycles. The molecule has 1 atom stereocenters. The highest BCUT2D eigenvalue weighted by molar-refractivity contribution is 6.32. The van der Waals surface area contributed by atoms with Gasteiger partial charge in [-0.1, -0.05) is 23.7 Å². The van der Waals surface area contributed by atoms with Crippen molar-refractivity contribution in [3.05, 3.63) is 77.3 Å². The molecule has 4 N–H and O–H groups in total. The van der Waals surface area contributed by atoms with Gasteiger partial charge < -0.3 is 30.6 Å². The van der Waals surface area contributed by atoms with E-state index in [0.29, 0.717) is 48.2 Å². The molecule has 1 heterocycles. The zero-order valence-corrected chi connectivity index (χ0v) is 20.8. The molecule has 0 fully saturated rings. The second kappa shape index (κ2) is 13.5. The molecule has 1 aromatic heterocycles. The second-order valence-electron chi connectivity index (χ2n) is 8.25. The third-order valence-electron chi connectivity index (χ3n) is 5.55. The first-order chi connectivity index (χ1) is 17.5. The van der Waals surface area contributed by atoms with Gasteiger partial charge in [0.1, 0.15) is 35.4 Å². The van der Waals surface area contributed by atoms with Gasteiger partial charge in [-0.15, -0.1) is 0 Å². The number of aromatic nitrogens is 2. The van der Waals surface area contributed by atoms with Crippen molar-refractivity contribution in [3.63, 3.8) is 0 Å². The Morgan fingerprint density at radius 2 is 1.83 bits per heavy atom. The largest absolute Gasteiger partial charge is 0.497 e. The summed E-state index contributed by atoms with van der Waals surface area (Å²) in [5, 5.41) is 6.59. The predicted molar refractivity (Wildman–Crippen MR) is 137 cm³/mol. The van der Waals surface area contributed by atoms with Crippen molar-refractivity contribution in [3.8, 4) is 17.2 Å². The van der Waals surface area contributed by atoms with Gasteiger partial charge in [-0.05, 0) is 55.6 Å². The zero-order chi connectivity index (χ0) is 25.8. The van der Waals surface area contributed by atoms with E-state index in [1.54, 1.807) is 25.3 Å². The molecule has 0 spiro atoms. The van der Waals surface area contributed by atoms with Crippen molar-refractivity contribution in [2.75, 3.05) is 20.2 Å². The Kier molecular flexibility index (Phi) is 10.2. The minimum absolute atomic E-state index is 0.250. The molecule has 190 valence electrons. The van der Waals surface area contributed by atoms with Crippen molar-refractivity contribution in [1.29, 1.82) is 0 Å². The van der Waals surface area contributed by atoms with E-state index in [0.717, 1.165) is 18.3 Å². The number of hydrogen-bond donors (Lipinski definition) is 3. The normalized spacial score (nSPS) is 12.4. The minimum atomic E-state index is -1.09. The lowest BCUT2D eigenvalue weighted by Gasteiger charge is -2.30. The molecule has 10 heteroatoms. The summed E-state index contributed by atoms with van der Waals surface area (Å²) in [6.45, 7) is 1.25. The fraction of sp³-hybridized carbons (Fsp3) is 0.308. The number of aldehydes is 1. The van der Waals surface area contributed by atoms with Crippen LogP contribution in [0.2, 0.25) is 5.02 Å². The topological polar surface area (TPSA) is 128 Å². The first-order valence-corrected chi connectivity index (χ1v) is 11.9. The number of carbonyl (C=O) groups is 2. The van der Waals surface area contributed by atoms with Gasteiger partial charge in [0.05, 0.1) is 17.7 Å². The third-order valence-corrected chi connectivity index (χ3v) is 5.84. The Balaban J connectivity index is 1.60. The molecule has 0 bridgehead atoms. The molecular formula is C26H30ClN5O4. The average Bonchev–Trinajstić information content (AvgIpc) is 2.91. The number of rotatable bonds is 14. The van der Waals surface area contributed by atoms with Crippen LogP contribution in [0.4, 0.5) is 0 Å². The average molecular weight is 512 g/mol. The fourth-order valence-corrected chi connectivity index (χ4v) is 3.76. The lowest BCUT2D eigenvalue weighted by atomic mass is 9.93. The summed E-state index contributed by atoms with van der Waals surface area (Å²) >= 11 is 6.25. The number of nitrogens with one attached hydrogen (secondary N) is 2. The number of halogens is 1. The van der Waals surface area contributed by atoms with Crippen LogP contribution in [-0.4, -0.2) is 47.9 Å². The maximum atomic E-state index is 12.7. The zero-order valence-electron chi connectivity index (χ0n) is 20.1. The summed E-state index contributed by atoms with van der Waals surface area (Å²) in [4.78, 5) is 32.6. The predicted octanol–water partition coefficient (Wildman–Crippen LogP) is 3.52. The first kappa shape index (κ1) is 27.1. The molecule has 0 radical (unpaired) electrons. The molecule has 0 aliphatic carbocycles. The van der Waals surface area contributed by atoms with E-state index < -0.39 is 11.4 Å².